The highest BCUT2D eigenvalue weighted by molar-refractivity contribution is 5.76. The number of morpholine rings is 1. The van der Waals surface area contributed by atoms with Crippen LogP contribution in [0.3, 0.4) is 0 Å². The van der Waals surface area contributed by atoms with Crippen molar-refractivity contribution in [2.24, 2.45) is 0 Å². The fourth-order valence-electron chi connectivity index (χ4n) is 2.14. The van der Waals surface area contributed by atoms with Gasteiger partial charge in [0.2, 0.25) is 0 Å². The third-order valence-corrected chi connectivity index (χ3v) is 3.07. The highest BCUT2D eigenvalue weighted by Crippen LogP contribution is 2.28. The van der Waals surface area contributed by atoms with E-state index < -0.39 is 11.6 Å². The van der Waals surface area contributed by atoms with Crippen LogP contribution in [0, 0.1) is 11.6 Å². The standard InChI is InChI=1S/C13H15F2NO2/c1-8-7-18-9(2)5-16(8)13-11(14)3-10(6-17)4-12(13)15/h3-4,6,8-9H,5,7H2,1-2H3. The largest absolute Gasteiger partial charge is 0.375 e. The van der Waals surface area contributed by atoms with Crippen LogP contribution in [0.5, 0.6) is 0 Å². The van der Waals surface area contributed by atoms with Crippen LogP contribution in [0.4, 0.5) is 14.5 Å². The lowest BCUT2D eigenvalue weighted by atomic mass is 10.1. The van der Waals surface area contributed by atoms with Gasteiger partial charge in [0.15, 0.2) is 0 Å². The maximum atomic E-state index is 13.9. The molecule has 1 saturated heterocycles. The fourth-order valence-corrected chi connectivity index (χ4v) is 2.14. The number of anilines is 1. The van der Waals surface area contributed by atoms with E-state index in [0.29, 0.717) is 19.4 Å². The van der Waals surface area contributed by atoms with Crippen molar-refractivity contribution in [2.45, 2.75) is 26.0 Å². The van der Waals surface area contributed by atoms with E-state index in [1.54, 1.807) is 4.90 Å². The molecule has 1 fully saturated rings. The summed E-state index contributed by atoms with van der Waals surface area (Å²) in [6.45, 7) is 4.55. The molecule has 5 heteroatoms. The summed E-state index contributed by atoms with van der Waals surface area (Å²) >= 11 is 0. The molecule has 0 amide bonds. The molecule has 0 aliphatic carbocycles. The monoisotopic (exact) mass is 255 g/mol. The second kappa shape index (κ2) is 5.02. The summed E-state index contributed by atoms with van der Waals surface area (Å²) in [6.07, 6.45) is 0.354. The van der Waals surface area contributed by atoms with Gasteiger partial charge in [-0.15, -0.1) is 0 Å². The summed E-state index contributed by atoms with van der Waals surface area (Å²) in [7, 11) is 0. The van der Waals surface area contributed by atoms with Gasteiger partial charge in [-0.3, -0.25) is 4.79 Å². The summed E-state index contributed by atoms with van der Waals surface area (Å²) in [5.41, 5.74) is -0.0778. The van der Waals surface area contributed by atoms with Crippen molar-refractivity contribution in [2.75, 3.05) is 18.1 Å². The summed E-state index contributed by atoms with van der Waals surface area (Å²) in [6, 6.07) is 2.00. The van der Waals surface area contributed by atoms with Gasteiger partial charge in [0.05, 0.1) is 12.7 Å². The van der Waals surface area contributed by atoms with Gasteiger partial charge in [0, 0.05) is 18.2 Å². The molecular weight excluding hydrogens is 240 g/mol. The average molecular weight is 255 g/mol. The number of hydrogen-bond acceptors (Lipinski definition) is 3. The lowest BCUT2D eigenvalue weighted by Crippen LogP contribution is -2.48. The van der Waals surface area contributed by atoms with Crippen molar-refractivity contribution in [1.82, 2.24) is 0 Å². The number of rotatable bonds is 2. The number of ether oxygens (including phenoxy) is 1. The number of benzene rings is 1. The molecule has 1 aromatic rings. The molecule has 0 N–H and O–H groups in total. The summed E-state index contributed by atoms with van der Waals surface area (Å²) in [5.74, 6) is -1.42. The van der Waals surface area contributed by atoms with E-state index in [4.69, 9.17) is 4.74 Å². The van der Waals surface area contributed by atoms with Crippen LogP contribution in [-0.4, -0.2) is 31.6 Å². The van der Waals surface area contributed by atoms with E-state index in [1.807, 2.05) is 13.8 Å². The smallest absolute Gasteiger partial charge is 0.150 e. The molecule has 0 aromatic heterocycles. The van der Waals surface area contributed by atoms with Crippen LogP contribution in [-0.2, 0) is 4.74 Å². The van der Waals surface area contributed by atoms with E-state index in [2.05, 4.69) is 0 Å². The summed E-state index contributed by atoms with van der Waals surface area (Å²) < 4.78 is 33.2. The Morgan fingerprint density at radius 1 is 1.33 bits per heavy atom. The molecule has 18 heavy (non-hydrogen) atoms. The third-order valence-electron chi connectivity index (χ3n) is 3.07. The Labute approximate surface area is 104 Å². The van der Waals surface area contributed by atoms with E-state index in [9.17, 15) is 13.6 Å². The minimum atomic E-state index is -0.710. The minimum absolute atomic E-state index is 0.00251. The Morgan fingerprint density at radius 2 is 1.94 bits per heavy atom. The number of halogens is 2. The molecule has 3 nitrogen and oxygen atoms in total. The Morgan fingerprint density at radius 3 is 2.50 bits per heavy atom. The summed E-state index contributed by atoms with van der Waals surface area (Å²) in [5, 5.41) is 0. The Balaban J connectivity index is 2.40. The van der Waals surface area contributed by atoms with Gasteiger partial charge in [0.25, 0.3) is 0 Å². The van der Waals surface area contributed by atoms with E-state index >= 15 is 0 Å². The molecule has 2 atom stereocenters. The molecule has 2 rings (SSSR count). The third kappa shape index (κ3) is 2.36. The molecular formula is C13H15F2NO2. The fraction of sp³-hybridized carbons (Fsp3) is 0.462. The first-order chi connectivity index (χ1) is 8.52. The maximum absolute atomic E-state index is 13.9. The molecule has 0 bridgehead atoms. The van der Waals surface area contributed by atoms with Crippen molar-refractivity contribution in [3.05, 3.63) is 29.3 Å². The highest BCUT2D eigenvalue weighted by Gasteiger charge is 2.28. The molecule has 1 aliphatic rings. The SMILES string of the molecule is CC1CN(c2c(F)cc(C=O)cc2F)C(C)CO1. The Kier molecular flexibility index (Phi) is 3.61. The molecule has 0 saturated carbocycles. The molecule has 1 aliphatic heterocycles. The van der Waals surface area contributed by atoms with Crippen LogP contribution in [0.15, 0.2) is 12.1 Å². The van der Waals surface area contributed by atoms with Gasteiger partial charge in [0.1, 0.15) is 23.6 Å². The molecule has 2 unspecified atom stereocenters. The van der Waals surface area contributed by atoms with Crippen LogP contribution in [0.2, 0.25) is 0 Å². The molecule has 0 spiro atoms. The van der Waals surface area contributed by atoms with Crippen molar-refractivity contribution >= 4 is 12.0 Å². The van der Waals surface area contributed by atoms with Crippen LogP contribution >= 0.6 is 0 Å². The van der Waals surface area contributed by atoms with Gasteiger partial charge >= 0.3 is 0 Å². The summed E-state index contributed by atoms with van der Waals surface area (Å²) in [4.78, 5) is 12.2. The molecule has 98 valence electrons. The molecule has 1 heterocycles. The topological polar surface area (TPSA) is 29.5 Å². The Bertz CT molecular complexity index is 441. The van der Waals surface area contributed by atoms with E-state index in [0.717, 1.165) is 12.1 Å². The predicted molar refractivity (Wildman–Crippen MR) is 64.0 cm³/mol. The second-order valence-electron chi connectivity index (χ2n) is 4.60. The highest BCUT2D eigenvalue weighted by atomic mass is 19.1. The Hall–Kier alpha value is -1.49. The first-order valence-electron chi connectivity index (χ1n) is 5.85. The van der Waals surface area contributed by atoms with Gasteiger partial charge in [-0.05, 0) is 26.0 Å². The normalized spacial score (nSPS) is 24.1. The quantitative estimate of drug-likeness (QED) is 0.760. The number of aldehydes is 1. The maximum Gasteiger partial charge on any atom is 0.150 e. The van der Waals surface area contributed by atoms with Crippen LogP contribution in [0.25, 0.3) is 0 Å². The van der Waals surface area contributed by atoms with E-state index in [1.165, 1.54) is 0 Å². The molecule has 1 aromatic carbocycles. The van der Waals surface area contributed by atoms with Crippen LogP contribution in [0.1, 0.15) is 24.2 Å². The predicted octanol–water partition coefficient (Wildman–Crippen LogP) is 2.39. The zero-order valence-corrected chi connectivity index (χ0v) is 10.3. The van der Waals surface area contributed by atoms with E-state index in [-0.39, 0.29) is 23.4 Å². The molecule has 0 radical (unpaired) electrons. The lowest BCUT2D eigenvalue weighted by Gasteiger charge is -2.38. The lowest BCUT2D eigenvalue weighted by molar-refractivity contribution is 0.0338. The van der Waals surface area contributed by atoms with Crippen molar-refractivity contribution in [3.63, 3.8) is 0 Å². The second-order valence-corrected chi connectivity index (χ2v) is 4.60. The van der Waals surface area contributed by atoms with Gasteiger partial charge in [-0.2, -0.15) is 0 Å². The first kappa shape index (κ1) is 13.0. The zero-order valence-electron chi connectivity index (χ0n) is 10.3. The van der Waals surface area contributed by atoms with Crippen molar-refractivity contribution in [1.29, 1.82) is 0 Å². The van der Waals surface area contributed by atoms with Gasteiger partial charge in [-0.1, -0.05) is 0 Å². The number of nitrogens with zero attached hydrogens (tertiary/aromatic N) is 1. The number of hydrogen-bond donors (Lipinski definition) is 0. The number of carbonyl (C=O) groups is 1. The number of carbonyl (C=O) groups excluding carboxylic acids is 1. The first-order valence-corrected chi connectivity index (χ1v) is 5.85. The zero-order chi connectivity index (χ0) is 13.3. The minimum Gasteiger partial charge on any atom is -0.375 e. The van der Waals surface area contributed by atoms with Crippen molar-refractivity contribution < 1.29 is 18.3 Å². The van der Waals surface area contributed by atoms with Gasteiger partial charge in [-0.25, -0.2) is 8.78 Å². The van der Waals surface area contributed by atoms with Crippen molar-refractivity contribution in [3.8, 4) is 0 Å². The average Bonchev–Trinajstić information content (AvgIpc) is 2.32. The van der Waals surface area contributed by atoms with Crippen LogP contribution < -0.4 is 4.90 Å². The van der Waals surface area contributed by atoms with Gasteiger partial charge < -0.3 is 9.64 Å².